The summed E-state index contributed by atoms with van der Waals surface area (Å²) in [6.45, 7) is 4.16. The van der Waals surface area contributed by atoms with E-state index >= 15 is 0 Å². The van der Waals surface area contributed by atoms with Crippen LogP contribution in [0.3, 0.4) is 0 Å². The molecule has 29 heavy (non-hydrogen) atoms. The molecular weight excluding hydrogens is 368 g/mol. The van der Waals surface area contributed by atoms with Crippen molar-refractivity contribution in [1.29, 1.82) is 0 Å². The van der Waals surface area contributed by atoms with Gasteiger partial charge >= 0.3 is 12.0 Å². The third kappa shape index (κ3) is 6.24. The SMILES string of the molecule is CCOC(=O)c1ccc(O[C@H]2CC[C@@H](NC(=O)Nc3ccc(C)cc3)CC2)cc1. The van der Waals surface area contributed by atoms with Crippen molar-refractivity contribution in [2.45, 2.75) is 51.7 Å². The summed E-state index contributed by atoms with van der Waals surface area (Å²) in [5.74, 6) is 0.418. The van der Waals surface area contributed by atoms with Gasteiger partial charge in [0, 0.05) is 11.7 Å². The van der Waals surface area contributed by atoms with Crippen LogP contribution in [0.25, 0.3) is 0 Å². The van der Waals surface area contributed by atoms with Crippen molar-refractivity contribution in [3.05, 3.63) is 59.7 Å². The highest BCUT2D eigenvalue weighted by atomic mass is 16.5. The van der Waals surface area contributed by atoms with Gasteiger partial charge in [0.15, 0.2) is 0 Å². The van der Waals surface area contributed by atoms with Crippen molar-refractivity contribution < 1.29 is 19.1 Å². The molecule has 0 aliphatic heterocycles. The van der Waals surface area contributed by atoms with E-state index in [0.29, 0.717) is 12.2 Å². The lowest BCUT2D eigenvalue weighted by Crippen LogP contribution is -2.41. The quantitative estimate of drug-likeness (QED) is 0.695. The summed E-state index contributed by atoms with van der Waals surface area (Å²) in [6, 6.07) is 14.7. The van der Waals surface area contributed by atoms with E-state index in [-0.39, 0.29) is 24.1 Å². The number of benzene rings is 2. The van der Waals surface area contributed by atoms with Gasteiger partial charge in [-0.2, -0.15) is 0 Å². The highest BCUT2D eigenvalue weighted by molar-refractivity contribution is 5.90. The van der Waals surface area contributed by atoms with Gasteiger partial charge in [-0.15, -0.1) is 0 Å². The molecule has 0 bridgehead atoms. The number of carbonyl (C=O) groups is 2. The fourth-order valence-electron chi connectivity index (χ4n) is 3.39. The Morgan fingerprint density at radius 2 is 1.62 bits per heavy atom. The van der Waals surface area contributed by atoms with Crippen molar-refractivity contribution in [2.24, 2.45) is 0 Å². The van der Waals surface area contributed by atoms with Crippen LogP contribution in [0.4, 0.5) is 10.5 Å². The zero-order valence-electron chi connectivity index (χ0n) is 16.9. The van der Waals surface area contributed by atoms with Crippen molar-refractivity contribution in [3.8, 4) is 5.75 Å². The molecule has 1 saturated carbocycles. The topological polar surface area (TPSA) is 76.7 Å². The molecule has 0 radical (unpaired) electrons. The Hall–Kier alpha value is -3.02. The smallest absolute Gasteiger partial charge is 0.338 e. The molecule has 6 nitrogen and oxygen atoms in total. The molecule has 0 atom stereocenters. The molecule has 0 aromatic heterocycles. The minimum absolute atomic E-state index is 0.113. The first kappa shape index (κ1) is 20.7. The maximum Gasteiger partial charge on any atom is 0.338 e. The van der Waals surface area contributed by atoms with Gasteiger partial charge < -0.3 is 20.1 Å². The van der Waals surface area contributed by atoms with E-state index in [2.05, 4.69) is 10.6 Å². The summed E-state index contributed by atoms with van der Waals surface area (Å²) < 4.78 is 11.0. The summed E-state index contributed by atoms with van der Waals surface area (Å²) in [7, 11) is 0. The molecule has 3 rings (SSSR count). The molecule has 0 unspecified atom stereocenters. The molecule has 0 spiro atoms. The Morgan fingerprint density at radius 1 is 0.966 bits per heavy atom. The maximum atomic E-state index is 12.2. The molecule has 2 aromatic carbocycles. The third-order valence-corrected chi connectivity index (χ3v) is 4.99. The molecule has 1 fully saturated rings. The molecule has 0 saturated heterocycles. The Morgan fingerprint density at radius 3 is 2.24 bits per heavy atom. The average molecular weight is 396 g/mol. The van der Waals surface area contributed by atoms with Crippen LogP contribution in [-0.4, -0.2) is 30.8 Å². The molecular formula is C23H28N2O4. The maximum absolute atomic E-state index is 12.2. The van der Waals surface area contributed by atoms with Crippen LogP contribution in [-0.2, 0) is 4.74 Å². The first-order chi connectivity index (χ1) is 14.0. The zero-order valence-corrected chi connectivity index (χ0v) is 16.9. The number of amides is 2. The van der Waals surface area contributed by atoms with Gasteiger partial charge in [0.25, 0.3) is 0 Å². The normalized spacial score (nSPS) is 18.6. The average Bonchev–Trinajstić information content (AvgIpc) is 2.72. The number of carbonyl (C=O) groups excluding carboxylic acids is 2. The monoisotopic (exact) mass is 396 g/mol. The summed E-state index contributed by atoms with van der Waals surface area (Å²) in [6.07, 6.45) is 3.59. The Kier molecular flexibility index (Phi) is 7.11. The molecule has 154 valence electrons. The fraction of sp³-hybridized carbons (Fsp3) is 0.391. The zero-order chi connectivity index (χ0) is 20.6. The second-order valence-corrected chi connectivity index (χ2v) is 7.30. The largest absolute Gasteiger partial charge is 0.490 e. The number of anilines is 1. The van der Waals surface area contributed by atoms with Crippen LogP contribution >= 0.6 is 0 Å². The number of rotatable bonds is 6. The van der Waals surface area contributed by atoms with E-state index in [1.54, 1.807) is 31.2 Å². The summed E-state index contributed by atoms with van der Waals surface area (Å²) in [5.41, 5.74) is 2.47. The lowest BCUT2D eigenvalue weighted by molar-refractivity contribution is 0.0526. The molecule has 1 aliphatic carbocycles. The van der Waals surface area contributed by atoms with E-state index in [1.165, 1.54) is 0 Å². The van der Waals surface area contributed by atoms with Crippen molar-refractivity contribution in [2.75, 3.05) is 11.9 Å². The van der Waals surface area contributed by atoms with Crippen LogP contribution in [0.2, 0.25) is 0 Å². The number of ether oxygens (including phenoxy) is 2. The third-order valence-electron chi connectivity index (χ3n) is 4.99. The van der Waals surface area contributed by atoms with E-state index in [1.807, 2.05) is 31.2 Å². The Labute approximate surface area is 171 Å². The van der Waals surface area contributed by atoms with E-state index in [0.717, 1.165) is 42.7 Å². The van der Waals surface area contributed by atoms with Gasteiger partial charge in [0.1, 0.15) is 5.75 Å². The molecule has 2 amide bonds. The summed E-state index contributed by atoms with van der Waals surface area (Å²) in [5, 5.41) is 5.91. The lowest BCUT2D eigenvalue weighted by atomic mass is 9.93. The summed E-state index contributed by atoms with van der Waals surface area (Å²) in [4.78, 5) is 23.9. The van der Waals surface area contributed by atoms with E-state index in [4.69, 9.17) is 9.47 Å². The molecule has 0 heterocycles. The van der Waals surface area contributed by atoms with Gasteiger partial charge in [-0.05, 0) is 75.9 Å². The Bertz CT molecular complexity index is 810. The minimum atomic E-state index is -0.324. The van der Waals surface area contributed by atoms with E-state index in [9.17, 15) is 9.59 Å². The first-order valence-electron chi connectivity index (χ1n) is 10.1. The predicted octanol–water partition coefficient (Wildman–Crippen LogP) is 4.68. The molecule has 1 aliphatic rings. The fourth-order valence-corrected chi connectivity index (χ4v) is 3.39. The van der Waals surface area contributed by atoms with Gasteiger partial charge in [0.05, 0.1) is 18.3 Å². The number of urea groups is 1. The first-order valence-corrected chi connectivity index (χ1v) is 10.1. The lowest BCUT2D eigenvalue weighted by Gasteiger charge is -2.29. The highest BCUT2D eigenvalue weighted by Gasteiger charge is 2.23. The van der Waals surface area contributed by atoms with Crippen LogP contribution in [0, 0.1) is 6.92 Å². The number of hydrogen-bond acceptors (Lipinski definition) is 4. The Balaban J connectivity index is 1.41. The van der Waals surface area contributed by atoms with Crippen LogP contribution in [0.15, 0.2) is 48.5 Å². The number of esters is 1. The van der Waals surface area contributed by atoms with Crippen LogP contribution in [0.5, 0.6) is 5.75 Å². The molecule has 2 N–H and O–H groups in total. The number of hydrogen-bond donors (Lipinski definition) is 2. The van der Waals surface area contributed by atoms with Gasteiger partial charge in [-0.3, -0.25) is 0 Å². The van der Waals surface area contributed by atoms with Gasteiger partial charge in [0.2, 0.25) is 0 Å². The molecule has 6 heteroatoms. The van der Waals surface area contributed by atoms with Crippen LogP contribution in [0.1, 0.15) is 48.5 Å². The number of aryl methyl sites for hydroxylation is 1. The highest BCUT2D eigenvalue weighted by Crippen LogP contribution is 2.24. The van der Waals surface area contributed by atoms with Crippen molar-refractivity contribution >= 4 is 17.7 Å². The van der Waals surface area contributed by atoms with Gasteiger partial charge in [-0.25, -0.2) is 9.59 Å². The number of nitrogens with one attached hydrogen (secondary N) is 2. The van der Waals surface area contributed by atoms with E-state index < -0.39 is 0 Å². The van der Waals surface area contributed by atoms with Crippen molar-refractivity contribution in [1.82, 2.24) is 5.32 Å². The summed E-state index contributed by atoms with van der Waals surface area (Å²) >= 11 is 0. The van der Waals surface area contributed by atoms with Crippen LogP contribution < -0.4 is 15.4 Å². The second kappa shape index (κ2) is 9.96. The standard InChI is InChI=1S/C23H28N2O4/c1-3-28-22(26)17-6-12-20(13-7-17)29-21-14-10-19(11-15-21)25-23(27)24-18-8-4-16(2)5-9-18/h4-9,12-13,19,21H,3,10-11,14-15H2,1-2H3,(H2,24,25,27)/t19-,21+. The van der Waals surface area contributed by atoms with Crippen molar-refractivity contribution in [3.63, 3.8) is 0 Å². The predicted molar refractivity (Wildman–Crippen MR) is 112 cm³/mol. The second-order valence-electron chi connectivity index (χ2n) is 7.30. The van der Waals surface area contributed by atoms with Gasteiger partial charge in [-0.1, -0.05) is 17.7 Å². The molecule has 2 aromatic rings. The minimum Gasteiger partial charge on any atom is -0.490 e.